The minimum Gasteiger partial charge on any atom is -0.344 e. The van der Waals surface area contributed by atoms with Crippen LogP contribution in [0.4, 0.5) is 4.39 Å². The number of nitrogens with zero attached hydrogens (tertiary/aromatic N) is 1. The first kappa shape index (κ1) is 18.9. The fourth-order valence-electron chi connectivity index (χ4n) is 1.95. The summed E-state index contributed by atoms with van der Waals surface area (Å²) in [6, 6.07) is 5.91. The third-order valence-electron chi connectivity index (χ3n) is 3.07. The molecule has 0 bridgehead atoms. The molecule has 0 saturated carbocycles. The molecular weight excluding hydrogens is 279 g/mol. The van der Waals surface area contributed by atoms with Crippen LogP contribution in [-0.2, 0) is 11.2 Å². The zero-order valence-corrected chi connectivity index (χ0v) is 13.1. The van der Waals surface area contributed by atoms with Crippen LogP contribution in [-0.4, -0.2) is 30.4 Å². The van der Waals surface area contributed by atoms with Gasteiger partial charge in [-0.3, -0.25) is 4.79 Å². The van der Waals surface area contributed by atoms with Crippen LogP contribution in [0.5, 0.6) is 0 Å². The van der Waals surface area contributed by atoms with Crippen molar-refractivity contribution >= 4 is 18.3 Å². The van der Waals surface area contributed by atoms with Gasteiger partial charge in [0.2, 0.25) is 5.91 Å². The maximum absolute atomic E-state index is 12.8. The molecule has 1 atom stereocenters. The summed E-state index contributed by atoms with van der Waals surface area (Å²) in [6.07, 6.45) is 1.40. The minimum atomic E-state index is -0.432. The van der Waals surface area contributed by atoms with E-state index in [4.69, 9.17) is 5.73 Å². The summed E-state index contributed by atoms with van der Waals surface area (Å²) in [6.45, 7) is 4.69. The molecule has 0 saturated heterocycles. The van der Waals surface area contributed by atoms with Crippen molar-refractivity contribution in [3.05, 3.63) is 35.6 Å². The first-order valence-corrected chi connectivity index (χ1v) is 6.65. The first-order chi connectivity index (χ1) is 8.90. The van der Waals surface area contributed by atoms with Crippen LogP contribution >= 0.6 is 12.4 Å². The first-order valence-electron chi connectivity index (χ1n) is 6.65. The average molecular weight is 303 g/mol. The molecule has 2 N–H and O–H groups in total. The lowest BCUT2D eigenvalue weighted by Crippen LogP contribution is -2.43. The van der Waals surface area contributed by atoms with Crippen LogP contribution in [0.2, 0.25) is 0 Å². The van der Waals surface area contributed by atoms with E-state index < -0.39 is 6.04 Å². The molecule has 0 fully saturated rings. The van der Waals surface area contributed by atoms with Crippen molar-refractivity contribution in [1.82, 2.24) is 4.90 Å². The fraction of sp³-hybridized carbons (Fsp3) is 0.533. The zero-order chi connectivity index (χ0) is 14.4. The Balaban J connectivity index is 0.00000361. The second-order valence-electron chi connectivity index (χ2n) is 5.37. The number of amides is 1. The SMILES string of the molecule is CC(C)C[C@H](N)C(=O)N(C)CCc1ccc(F)cc1.Cl. The van der Waals surface area contributed by atoms with E-state index in [0.717, 1.165) is 5.56 Å². The third kappa shape index (κ3) is 6.35. The summed E-state index contributed by atoms with van der Waals surface area (Å²) in [5.74, 6) is 0.132. The Hall–Kier alpha value is -1.13. The molecular formula is C15H24ClFN2O. The fourth-order valence-corrected chi connectivity index (χ4v) is 1.95. The Labute approximate surface area is 126 Å². The van der Waals surface area contributed by atoms with E-state index >= 15 is 0 Å². The van der Waals surface area contributed by atoms with Crippen molar-refractivity contribution < 1.29 is 9.18 Å². The maximum Gasteiger partial charge on any atom is 0.239 e. The number of hydrogen-bond acceptors (Lipinski definition) is 2. The largest absolute Gasteiger partial charge is 0.344 e. The van der Waals surface area contributed by atoms with E-state index in [0.29, 0.717) is 25.3 Å². The van der Waals surface area contributed by atoms with Gasteiger partial charge in [0.05, 0.1) is 6.04 Å². The number of halogens is 2. The second kappa shape index (κ2) is 8.93. The highest BCUT2D eigenvalue weighted by Gasteiger charge is 2.18. The van der Waals surface area contributed by atoms with Gasteiger partial charge >= 0.3 is 0 Å². The van der Waals surface area contributed by atoms with E-state index in [2.05, 4.69) is 0 Å². The Morgan fingerprint density at radius 2 is 1.85 bits per heavy atom. The summed E-state index contributed by atoms with van der Waals surface area (Å²) in [7, 11) is 1.76. The number of rotatable bonds is 6. The van der Waals surface area contributed by atoms with Gasteiger partial charge in [-0.25, -0.2) is 4.39 Å². The molecule has 0 unspecified atom stereocenters. The molecule has 114 valence electrons. The lowest BCUT2D eigenvalue weighted by molar-refractivity contribution is -0.131. The number of likely N-dealkylation sites (N-methyl/N-ethyl adjacent to an activating group) is 1. The minimum absolute atomic E-state index is 0. The van der Waals surface area contributed by atoms with Gasteiger partial charge in [0.15, 0.2) is 0 Å². The number of carbonyl (C=O) groups excluding carboxylic acids is 1. The van der Waals surface area contributed by atoms with Gasteiger partial charge in [-0.1, -0.05) is 26.0 Å². The van der Waals surface area contributed by atoms with Crippen molar-refractivity contribution in [1.29, 1.82) is 0 Å². The molecule has 0 heterocycles. The molecule has 1 aromatic carbocycles. The molecule has 0 spiro atoms. The molecule has 0 aliphatic heterocycles. The highest BCUT2D eigenvalue weighted by molar-refractivity contribution is 5.85. The van der Waals surface area contributed by atoms with Crippen molar-refractivity contribution in [2.24, 2.45) is 11.7 Å². The average Bonchev–Trinajstić information content (AvgIpc) is 2.36. The maximum atomic E-state index is 12.8. The normalized spacial score (nSPS) is 11.9. The van der Waals surface area contributed by atoms with Gasteiger partial charge in [0, 0.05) is 13.6 Å². The standard InChI is InChI=1S/C15H23FN2O.ClH/c1-11(2)10-14(17)15(19)18(3)9-8-12-4-6-13(16)7-5-12;/h4-7,11,14H,8-10,17H2,1-3H3;1H/t14-;/m0./s1. The molecule has 1 aromatic rings. The quantitative estimate of drug-likeness (QED) is 0.878. The summed E-state index contributed by atoms with van der Waals surface area (Å²) < 4.78 is 12.8. The van der Waals surface area contributed by atoms with Crippen LogP contribution in [0.1, 0.15) is 25.8 Å². The Bertz CT molecular complexity index is 409. The van der Waals surface area contributed by atoms with Crippen LogP contribution in [0.15, 0.2) is 24.3 Å². The smallest absolute Gasteiger partial charge is 0.239 e. The van der Waals surface area contributed by atoms with Gasteiger partial charge in [-0.05, 0) is 36.5 Å². The lowest BCUT2D eigenvalue weighted by Gasteiger charge is -2.22. The Morgan fingerprint density at radius 3 is 2.35 bits per heavy atom. The van der Waals surface area contributed by atoms with Crippen molar-refractivity contribution in [2.75, 3.05) is 13.6 Å². The van der Waals surface area contributed by atoms with Gasteiger partial charge in [0.1, 0.15) is 5.82 Å². The topological polar surface area (TPSA) is 46.3 Å². The molecule has 0 aliphatic carbocycles. The molecule has 0 aliphatic rings. The van der Waals surface area contributed by atoms with E-state index in [9.17, 15) is 9.18 Å². The van der Waals surface area contributed by atoms with Gasteiger partial charge in [-0.2, -0.15) is 0 Å². The zero-order valence-electron chi connectivity index (χ0n) is 12.3. The Kier molecular flexibility index (Phi) is 8.42. The molecule has 0 aromatic heterocycles. The van der Waals surface area contributed by atoms with Crippen LogP contribution in [0.3, 0.4) is 0 Å². The van der Waals surface area contributed by atoms with Crippen molar-refractivity contribution in [3.63, 3.8) is 0 Å². The van der Waals surface area contributed by atoms with Crippen LogP contribution < -0.4 is 5.73 Å². The van der Waals surface area contributed by atoms with E-state index in [1.165, 1.54) is 12.1 Å². The van der Waals surface area contributed by atoms with E-state index in [-0.39, 0.29) is 24.1 Å². The molecule has 1 amide bonds. The predicted molar refractivity (Wildman–Crippen MR) is 82.4 cm³/mol. The molecule has 0 radical (unpaired) electrons. The van der Waals surface area contributed by atoms with Crippen molar-refractivity contribution in [2.45, 2.75) is 32.7 Å². The summed E-state index contributed by atoms with van der Waals surface area (Å²) in [4.78, 5) is 13.6. The monoisotopic (exact) mass is 302 g/mol. The van der Waals surface area contributed by atoms with Crippen LogP contribution in [0, 0.1) is 11.7 Å². The van der Waals surface area contributed by atoms with Crippen LogP contribution in [0.25, 0.3) is 0 Å². The summed E-state index contributed by atoms with van der Waals surface area (Å²) in [5, 5.41) is 0. The molecule has 5 heteroatoms. The number of nitrogens with two attached hydrogens (primary N) is 1. The summed E-state index contributed by atoms with van der Waals surface area (Å²) in [5.41, 5.74) is 6.88. The van der Waals surface area contributed by atoms with E-state index in [1.807, 2.05) is 13.8 Å². The molecule has 1 rings (SSSR count). The number of benzene rings is 1. The predicted octanol–water partition coefficient (Wildman–Crippen LogP) is 2.62. The van der Waals surface area contributed by atoms with Gasteiger partial charge in [0.25, 0.3) is 0 Å². The second-order valence-corrected chi connectivity index (χ2v) is 5.37. The summed E-state index contributed by atoms with van der Waals surface area (Å²) >= 11 is 0. The Morgan fingerprint density at radius 1 is 1.30 bits per heavy atom. The number of hydrogen-bond donors (Lipinski definition) is 1. The third-order valence-corrected chi connectivity index (χ3v) is 3.07. The highest BCUT2D eigenvalue weighted by Crippen LogP contribution is 2.07. The molecule has 20 heavy (non-hydrogen) atoms. The lowest BCUT2D eigenvalue weighted by atomic mass is 10.0. The number of carbonyl (C=O) groups is 1. The van der Waals surface area contributed by atoms with Gasteiger partial charge in [-0.15, -0.1) is 12.4 Å². The highest BCUT2D eigenvalue weighted by atomic mass is 35.5. The van der Waals surface area contributed by atoms with Gasteiger partial charge < -0.3 is 10.6 Å². The molecule has 3 nitrogen and oxygen atoms in total. The van der Waals surface area contributed by atoms with Crippen molar-refractivity contribution in [3.8, 4) is 0 Å². The van der Waals surface area contributed by atoms with E-state index in [1.54, 1.807) is 24.1 Å².